The first-order valence-electron chi connectivity index (χ1n) is 6.75. The Morgan fingerprint density at radius 2 is 1.56 bits per heavy atom. The van der Waals surface area contributed by atoms with Crippen molar-refractivity contribution in [2.75, 3.05) is 5.32 Å². The molecule has 1 amide bonds. The molecule has 1 heterocycles. The Morgan fingerprint density at radius 1 is 0.960 bits per heavy atom. The van der Waals surface area contributed by atoms with Gasteiger partial charge in [0.1, 0.15) is 5.82 Å². The topological polar surface area (TPSA) is 42.0 Å². The van der Waals surface area contributed by atoms with Crippen molar-refractivity contribution in [2.45, 2.75) is 12.4 Å². The second-order valence-corrected chi connectivity index (χ2v) is 4.88. The molecule has 1 aromatic heterocycles. The second-order valence-electron chi connectivity index (χ2n) is 4.88. The van der Waals surface area contributed by atoms with E-state index in [4.69, 9.17) is 0 Å². The third-order valence-corrected chi connectivity index (χ3v) is 2.95. The van der Waals surface area contributed by atoms with Gasteiger partial charge in [-0.1, -0.05) is 6.07 Å². The molecule has 9 heteroatoms. The van der Waals surface area contributed by atoms with Gasteiger partial charge in [-0.3, -0.25) is 4.79 Å². The normalized spacial score (nSPS) is 12.4. The van der Waals surface area contributed by atoms with Gasteiger partial charge in [0, 0.05) is 12.3 Å². The van der Waals surface area contributed by atoms with E-state index in [1.165, 1.54) is 12.3 Å². The van der Waals surface area contributed by atoms with Crippen molar-refractivity contribution in [1.29, 1.82) is 0 Å². The van der Waals surface area contributed by atoms with Crippen LogP contribution in [0.1, 0.15) is 16.7 Å². The van der Waals surface area contributed by atoms with E-state index >= 15 is 0 Å². The molecular weight excluding hydrogens is 350 g/mol. The Balaban J connectivity index is 2.27. The molecule has 2 rings (SSSR count). The molecule has 0 bridgehead atoms. The van der Waals surface area contributed by atoms with E-state index in [9.17, 15) is 31.1 Å². The number of carbonyl (C=O) groups excluding carboxylic acids is 1. The zero-order chi connectivity index (χ0) is 18.7. The highest BCUT2D eigenvalue weighted by Crippen LogP contribution is 2.36. The van der Waals surface area contributed by atoms with Crippen molar-refractivity contribution >= 4 is 17.8 Å². The number of rotatable bonds is 3. The molecule has 0 aliphatic rings. The molecule has 0 aliphatic heterocycles. The van der Waals surface area contributed by atoms with Gasteiger partial charge in [0.05, 0.1) is 11.1 Å². The van der Waals surface area contributed by atoms with Crippen LogP contribution >= 0.6 is 0 Å². The van der Waals surface area contributed by atoms with Crippen molar-refractivity contribution < 1.29 is 31.1 Å². The SMILES string of the molecule is O=C(C=Cc1cc(C(F)(F)F)cc(C(F)(F)F)c1)Nc1ccccn1. The highest BCUT2D eigenvalue weighted by Gasteiger charge is 2.36. The Labute approximate surface area is 138 Å². The van der Waals surface area contributed by atoms with Gasteiger partial charge < -0.3 is 5.32 Å². The van der Waals surface area contributed by atoms with E-state index in [1.807, 2.05) is 0 Å². The standard InChI is InChI=1S/C16H10F6N2O/c17-15(18,19)11-7-10(8-12(9-11)16(20,21)22)4-5-14(25)24-13-3-1-2-6-23-13/h1-9H,(H,23,24,25). The molecule has 1 aromatic carbocycles. The second kappa shape index (κ2) is 6.96. The molecule has 0 radical (unpaired) electrons. The lowest BCUT2D eigenvalue weighted by molar-refractivity contribution is -0.143. The van der Waals surface area contributed by atoms with Crippen molar-refractivity contribution in [3.05, 3.63) is 65.4 Å². The van der Waals surface area contributed by atoms with Gasteiger partial charge in [-0.2, -0.15) is 26.3 Å². The number of nitrogens with one attached hydrogen (secondary N) is 1. The molecule has 1 N–H and O–H groups in total. The van der Waals surface area contributed by atoms with Crippen LogP contribution in [0.4, 0.5) is 32.2 Å². The van der Waals surface area contributed by atoms with E-state index in [2.05, 4.69) is 10.3 Å². The fraction of sp³-hybridized carbons (Fsp3) is 0.125. The molecule has 0 saturated carbocycles. The lowest BCUT2D eigenvalue weighted by Crippen LogP contribution is -2.11. The first-order valence-corrected chi connectivity index (χ1v) is 6.75. The molecule has 132 valence electrons. The predicted octanol–water partition coefficient (Wildman–Crippen LogP) is 4.77. The summed E-state index contributed by atoms with van der Waals surface area (Å²) < 4.78 is 76.5. The summed E-state index contributed by atoms with van der Waals surface area (Å²) >= 11 is 0. The van der Waals surface area contributed by atoms with Gasteiger partial charge in [-0.05, 0) is 42.0 Å². The number of amides is 1. The fourth-order valence-electron chi connectivity index (χ4n) is 1.85. The van der Waals surface area contributed by atoms with Crippen LogP contribution in [0.5, 0.6) is 0 Å². The van der Waals surface area contributed by atoms with Crippen molar-refractivity contribution in [2.24, 2.45) is 0 Å². The zero-order valence-corrected chi connectivity index (χ0v) is 12.3. The molecule has 0 spiro atoms. The number of aromatic nitrogens is 1. The maximum absolute atomic E-state index is 12.7. The summed E-state index contributed by atoms with van der Waals surface area (Å²) in [6.07, 6.45) is -6.80. The quantitative estimate of drug-likeness (QED) is 0.633. The number of hydrogen-bond donors (Lipinski definition) is 1. The summed E-state index contributed by atoms with van der Waals surface area (Å²) in [6, 6.07) is 5.74. The number of halogens is 6. The van der Waals surface area contributed by atoms with Crippen LogP contribution in [0.2, 0.25) is 0 Å². The maximum Gasteiger partial charge on any atom is 0.416 e. The lowest BCUT2D eigenvalue weighted by atomic mass is 10.0. The monoisotopic (exact) mass is 360 g/mol. The van der Waals surface area contributed by atoms with E-state index in [-0.39, 0.29) is 11.9 Å². The Kier molecular flexibility index (Phi) is 5.15. The summed E-state index contributed by atoms with van der Waals surface area (Å²) in [5.41, 5.74) is -3.31. The van der Waals surface area contributed by atoms with Crippen LogP contribution in [0, 0.1) is 0 Å². The van der Waals surface area contributed by atoms with Gasteiger partial charge in [0.2, 0.25) is 5.91 Å². The van der Waals surface area contributed by atoms with E-state index in [1.54, 1.807) is 12.1 Å². The third kappa shape index (κ3) is 5.33. The minimum absolute atomic E-state index is 0.0191. The van der Waals surface area contributed by atoms with Crippen LogP contribution in [0.3, 0.4) is 0 Å². The maximum atomic E-state index is 12.7. The highest BCUT2D eigenvalue weighted by atomic mass is 19.4. The zero-order valence-electron chi connectivity index (χ0n) is 12.3. The Hall–Kier alpha value is -2.84. The molecular formula is C16H10F6N2O. The summed E-state index contributed by atoms with van der Waals surface area (Å²) in [6.45, 7) is 0. The number of benzene rings is 1. The Morgan fingerprint density at radius 3 is 2.04 bits per heavy atom. The number of hydrogen-bond acceptors (Lipinski definition) is 2. The summed E-state index contributed by atoms with van der Waals surface area (Å²) in [7, 11) is 0. The number of alkyl halides is 6. The molecule has 2 aromatic rings. The van der Waals surface area contributed by atoms with Gasteiger partial charge in [0.15, 0.2) is 0 Å². The van der Waals surface area contributed by atoms with Crippen LogP contribution in [-0.2, 0) is 17.1 Å². The van der Waals surface area contributed by atoms with Gasteiger partial charge >= 0.3 is 12.4 Å². The van der Waals surface area contributed by atoms with Crippen LogP contribution < -0.4 is 5.32 Å². The van der Waals surface area contributed by atoms with Crippen molar-refractivity contribution in [1.82, 2.24) is 4.98 Å². The summed E-state index contributed by atoms with van der Waals surface area (Å²) in [5.74, 6) is -0.554. The summed E-state index contributed by atoms with van der Waals surface area (Å²) in [5, 5.41) is 2.32. The van der Waals surface area contributed by atoms with Gasteiger partial charge in [-0.25, -0.2) is 4.98 Å². The lowest BCUT2D eigenvalue weighted by Gasteiger charge is -2.12. The summed E-state index contributed by atoms with van der Waals surface area (Å²) in [4.78, 5) is 15.5. The molecule has 0 atom stereocenters. The van der Waals surface area contributed by atoms with Crippen LogP contribution in [0.25, 0.3) is 6.08 Å². The van der Waals surface area contributed by atoms with Crippen molar-refractivity contribution in [3.63, 3.8) is 0 Å². The minimum atomic E-state index is -4.94. The average Bonchev–Trinajstić information content (AvgIpc) is 2.52. The third-order valence-electron chi connectivity index (χ3n) is 2.95. The van der Waals surface area contributed by atoms with E-state index in [0.29, 0.717) is 12.1 Å². The minimum Gasteiger partial charge on any atom is -0.307 e. The first-order chi connectivity index (χ1) is 11.6. The molecule has 0 fully saturated rings. The van der Waals surface area contributed by atoms with Gasteiger partial charge in [-0.15, -0.1) is 0 Å². The highest BCUT2D eigenvalue weighted by molar-refractivity contribution is 6.01. The molecule has 0 aliphatic carbocycles. The molecule has 0 unspecified atom stereocenters. The Bertz CT molecular complexity index is 749. The number of carbonyl (C=O) groups is 1. The van der Waals surface area contributed by atoms with Crippen LogP contribution in [0.15, 0.2) is 48.7 Å². The van der Waals surface area contributed by atoms with E-state index < -0.39 is 35.0 Å². The number of anilines is 1. The number of pyridine rings is 1. The fourth-order valence-corrected chi connectivity index (χ4v) is 1.85. The van der Waals surface area contributed by atoms with Gasteiger partial charge in [0.25, 0.3) is 0 Å². The molecule has 25 heavy (non-hydrogen) atoms. The average molecular weight is 360 g/mol. The van der Waals surface area contributed by atoms with Crippen molar-refractivity contribution in [3.8, 4) is 0 Å². The predicted molar refractivity (Wildman–Crippen MR) is 78.3 cm³/mol. The molecule has 3 nitrogen and oxygen atoms in total. The largest absolute Gasteiger partial charge is 0.416 e. The van der Waals surface area contributed by atoms with E-state index in [0.717, 1.165) is 12.2 Å². The molecule has 0 saturated heterocycles. The number of nitrogens with zero attached hydrogens (tertiary/aromatic N) is 1. The smallest absolute Gasteiger partial charge is 0.307 e. The first kappa shape index (κ1) is 18.5. The van der Waals surface area contributed by atoms with Crippen LogP contribution in [-0.4, -0.2) is 10.9 Å².